The van der Waals surface area contributed by atoms with Crippen molar-refractivity contribution in [2.24, 2.45) is 0 Å². The van der Waals surface area contributed by atoms with Gasteiger partial charge >= 0.3 is 0 Å². The van der Waals surface area contributed by atoms with E-state index in [-0.39, 0.29) is 17.7 Å². The van der Waals surface area contributed by atoms with Crippen LogP contribution in [-0.4, -0.2) is 44.6 Å². The maximum atomic E-state index is 14.8. The van der Waals surface area contributed by atoms with Gasteiger partial charge in [0.25, 0.3) is 0 Å². The van der Waals surface area contributed by atoms with E-state index < -0.39 is 0 Å². The normalized spacial score (nSPS) is 15.9. The van der Waals surface area contributed by atoms with E-state index in [0.717, 1.165) is 29.5 Å². The molecule has 3 aromatic rings. The molecule has 1 aliphatic heterocycles. The van der Waals surface area contributed by atoms with Crippen molar-refractivity contribution in [3.63, 3.8) is 0 Å². The van der Waals surface area contributed by atoms with Crippen molar-refractivity contribution in [1.82, 2.24) is 4.98 Å². The van der Waals surface area contributed by atoms with Crippen LogP contribution in [0.2, 0.25) is 0 Å². The van der Waals surface area contributed by atoms with E-state index in [2.05, 4.69) is 11.9 Å². The molecule has 0 radical (unpaired) electrons. The molecule has 2 heterocycles. The third-order valence-corrected chi connectivity index (χ3v) is 5.59. The van der Waals surface area contributed by atoms with Crippen LogP contribution in [0.3, 0.4) is 0 Å². The first-order chi connectivity index (χ1) is 16.1. The number of pyridine rings is 1. The van der Waals surface area contributed by atoms with Crippen LogP contribution >= 0.6 is 0 Å². The van der Waals surface area contributed by atoms with E-state index >= 15 is 0 Å². The Morgan fingerprint density at radius 3 is 2.67 bits per heavy atom. The standard InChI is InChI=1S/C26H29FN2O4/c1-3-4-17-5-7-21(23(27)11-17)22-12-19(14-29-26(22)28)18-6-8-24(25(13-18)30-2)33-16-20-15-31-9-10-32-20/h5-8,11-14,20H,3-4,9-10,15-16H2,1-2H3,(H2,28,29). The molecule has 4 rings (SSSR count). The summed E-state index contributed by atoms with van der Waals surface area (Å²) in [6, 6.07) is 12.7. The number of nitrogens with two attached hydrogens (primary N) is 1. The van der Waals surface area contributed by atoms with Gasteiger partial charge in [-0.1, -0.05) is 31.5 Å². The number of hydrogen-bond donors (Lipinski definition) is 1. The van der Waals surface area contributed by atoms with Crippen molar-refractivity contribution in [2.75, 3.05) is 39.3 Å². The molecular weight excluding hydrogens is 423 g/mol. The first-order valence-electron chi connectivity index (χ1n) is 11.1. The van der Waals surface area contributed by atoms with Crippen LogP contribution in [0.15, 0.2) is 48.7 Å². The second-order valence-electron chi connectivity index (χ2n) is 7.97. The molecule has 0 saturated carbocycles. The fourth-order valence-corrected chi connectivity index (χ4v) is 3.85. The highest BCUT2D eigenvalue weighted by Crippen LogP contribution is 2.36. The summed E-state index contributed by atoms with van der Waals surface area (Å²) < 4.78 is 37.3. The molecule has 0 amide bonds. The summed E-state index contributed by atoms with van der Waals surface area (Å²) in [7, 11) is 1.59. The maximum absolute atomic E-state index is 14.8. The zero-order valence-corrected chi connectivity index (χ0v) is 19.0. The van der Waals surface area contributed by atoms with Gasteiger partial charge in [-0.3, -0.25) is 0 Å². The zero-order chi connectivity index (χ0) is 23.2. The highest BCUT2D eigenvalue weighted by molar-refractivity contribution is 5.80. The summed E-state index contributed by atoms with van der Waals surface area (Å²) in [4.78, 5) is 4.32. The smallest absolute Gasteiger partial charge is 0.161 e. The van der Waals surface area contributed by atoms with E-state index in [0.29, 0.717) is 49.1 Å². The van der Waals surface area contributed by atoms with Gasteiger partial charge in [-0.05, 0) is 41.8 Å². The van der Waals surface area contributed by atoms with Crippen LogP contribution in [0.25, 0.3) is 22.3 Å². The van der Waals surface area contributed by atoms with Crippen molar-refractivity contribution >= 4 is 5.82 Å². The number of ether oxygens (including phenoxy) is 4. The number of anilines is 1. The molecule has 1 aromatic heterocycles. The maximum Gasteiger partial charge on any atom is 0.161 e. The first kappa shape index (κ1) is 23.0. The van der Waals surface area contributed by atoms with Crippen LogP contribution in [0.1, 0.15) is 18.9 Å². The second-order valence-corrected chi connectivity index (χ2v) is 7.97. The summed E-state index contributed by atoms with van der Waals surface area (Å²) in [6.45, 7) is 4.13. The number of halogens is 1. The van der Waals surface area contributed by atoms with Gasteiger partial charge in [-0.25, -0.2) is 9.37 Å². The molecule has 1 unspecified atom stereocenters. The summed E-state index contributed by atoms with van der Waals surface area (Å²) in [5.41, 5.74) is 9.72. The predicted octanol–water partition coefficient (Wildman–Crippen LogP) is 4.89. The number of aryl methyl sites for hydroxylation is 1. The Hall–Kier alpha value is -3.16. The summed E-state index contributed by atoms with van der Waals surface area (Å²) in [5, 5.41) is 0. The minimum absolute atomic E-state index is 0.106. The van der Waals surface area contributed by atoms with E-state index in [1.807, 2.05) is 30.3 Å². The fraction of sp³-hybridized carbons (Fsp3) is 0.346. The molecule has 174 valence electrons. The average molecular weight is 453 g/mol. The molecular formula is C26H29FN2O4. The van der Waals surface area contributed by atoms with Crippen LogP contribution in [0, 0.1) is 5.82 Å². The van der Waals surface area contributed by atoms with Crippen LogP contribution < -0.4 is 15.2 Å². The number of benzene rings is 2. The van der Waals surface area contributed by atoms with E-state index in [4.69, 9.17) is 24.7 Å². The van der Waals surface area contributed by atoms with Gasteiger partial charge < -0.3 is 24.7 Å². The van der Waals surface area contributed by atoms with Crippen molar-refractivity contribution in [3.05, 3.63) is 60.0 Å². The minimum Gasteiger partial charge on any atom is -0.493 e. The van der Waals surface area contributed by atoms with Crippen LogP contribution in [0.4, 0.5) is 10.2 Å². The Morgan fingerprint density at radius 1 is 1.06 bits per heavy atom. The van der Waals surface area contributed by atoms with Crippen molar-refractivity contribution in [3.8, 4) is 33.8 Å². The third kappa shape index (κ3) is 5.43. The number of nitrogen functional groups attached to an aromatic ring is 1. The van der Waals surface area contributed by atoms with Crippen molar-refractivity contribution in [1.29, 1.82) is 0 Å². The summed E-state index contributed by atoms with van der Waals surface area (Å²) in [6.07, 6.45) is 3.36. The SMILES string of the molecule is CCCc1ccc(-c2cc(-c3ccc(OCC4COCCO4)c(OC)c3)cnc2N)c(F)c1. The predicted molar refractivity (Wildman–Crippen MR) is 126 cm³/mol. The van der Waals surface area contributed by atoms with Gasteiger partial charge in [0.05, 0.1) is 26.9 Å². The Kier molecular flexibility index (Phi) is 7.42. The summed E-state index contributed by atoms with van der Waals surface area (Å²) in [5.74, 6) is 1.17. The van der Waals surface area contributed by atoms with Gasteiger partial charge in [0.15, 0.2) is 11.5 Å². The Bertz CT molecular complexity index is 1100. The quantitative estimate of drug-likeness (QED) is 0.524. The Balaban J connectivity index is 1.59. The number of hydrogen-bond acceptors (Lipinski definition) is 6. The number of aromatic nitrogens is 1. The molecule has 6 nitrogen and oxygen atoms in total. The lowest BCUT2D eigenvalue weighted by atomic mass is 9.98. The molecule has 1 atom stereocenters. The minimum atomic E-state index is -0.304. The van der Waals surface area contributed by atoms with Crippen LogP contribution in [0.5, 0.6) is 11.5 Å². The lowest BCUT2D eigenvalue weighted by Crippen LogP contribution is -2.33. The first-order valence-corrected chi connectivity index (χ1v) is 11.1. The number of nitrogens with zero attached hydrogens (tertiary/aromatic N) is 1. The number of rotatable bonds is 8. The molecule has 2 aromatic carbocycles. The molecule has 0 spiro atoms. The summed E-state index contributed by atoms with van der Waals surface area (Å²) >= 11 is 0. The van der Waals surface area contributed by atoms with E-state index in [9.17, 15) is 4.39 Å². The topological polar surface area (TPSA) is 75.8 Å². The number of methoxy groups -OCH3 is 1. The largest absolute Gasteiger partial charge is 0.493 e. The van der Waals surface area contributed by atoms with Gasteiger partial charge in [0.2, 0.25) is 0 Å². The van der Waals surface area contributed by atoms with E-state index in [1.54, 1.807) is 25.4 Å². The van der Waals surface area contributed by atoms with Gasteiger partial charge in [0, 0.05) is 22.9 Å². The molecule has 1 aliphatic rings. The Morgan fingerprint density at radius 2 is 1.94 bits per heavy atom. The second kappa shape index (κ2) is 10.6. The van der Waals surface area contributed by atoms with Crippen LogP contribution in [-0.2, 0) is 15.9 Å². The highest BCUT2D eigenvalue weighted by atomic mass is 19.1. The zero-order valence-electron chi connectivity index (χ0n) is 19.0. The highest BCUT2D eigenvalue weighted by Gasteiger charge is 2.17. The molecule has 2 N–H and O–H groups in total. The molecule has 0 bridgehead atoms. The van der Waals surface area contributed by atoms with E-state index in [1.165, 1.54) is 0 Å². The molecule has 33 heavy (non-hydrogen) atoms. The van der Waals surface area contributed by atoms with Gasteiger partial charge in [0.1, 0.15) is 24.3 Å². The molecule has 0 aliphatic carbocycles. The lowest BCUT2D eigenvalue weighted by molar-refractivity contribution is -0.101. The molecule has 7 heteroatoms. The van der Waals surface area contributed by atoms with Gasteiger partial charge in [-0.2, -0.15) is 0 Å². The van der Waals surface area contributed by atoms with Gasteiger partial charge in [-0.15, -0.1) is 0 Å². The molecule has 1 fully saturated rings. The average Bonchev–Trinajstić information content (AvgIpc) is 2.84. The molecule has 1 saturated heterocycles. The lowest BCUT2D eigenvalue weighted by Gasteiger charge is -2.23. The Labute approximate surface area is 193 Å². The van der Waals surface area contributed by atoms with Crippen molar-refractivity contribution in [2.45, 2.75) is 25.9 Å². The van der Waals surface area contributed by atoms with Crippen molar-refractivity contribution < 1.29 is 23.3 Å². The third-order valence-electron chi connectivity index (χ3n) is 5.59. The monoisotopic (exact) mass is 452 g/mol. The fourth-order valence-electron chi connectivity index (χ4n) is 3.85.